The lowest BCUT2D eigenvalue weighted by atomic mass is 10.2. The molecule has 2 rings (SSSR count). The van der Waals surface area contributed by atoms with Crippen LogP contribution in [-0.4, -0.2) is 63.8 Å². The molecule has 0 aliphatic carbocycles. The highest BCUT2D eigenvalue weighted by Crippen LogP contribution is 2.26. The fraction of sp³-hybridized carbons (Fsp3) is 0.667. The molecule has 150 valence electrons. The Balaban J connectivity index is 0.000000359. The molecule has 0 saturated carbocycles. The van der Waals surface area contributed by atoms with E-state index in [2.05, 4.69) is 42.2 Å². The molecule has 1 heterocycles. The molecule has 1 aromatic rings. The molecule has 1 atom stereocenters. The molecule has 0 bridgehead atoms. The second kappa shape index (κ2) is 10.1. The minimum atomic E-state index is -4.44. The Morgan fingerprint density at radius 1 is 1.23 bits per heavy atom. The molecule has 7 nitrogen and oxygen atoms in total. The summed E-state index contributed by atoms with van der Waals surface area (Å²) in [5, 5.41) is 0. The predicted octanol–water partition coefficient (Wildman–Crippen LogP) is 2.21. The first kappa shape index (κ1) is 22.7. The summed E-state index contributed by atoms with van der Waals surface area (Å²) in [6, 6.07) is 9.01. The number of quaternary nitrogens is 1. The van der Waals surface area contributed by atoms with Gasteiger partial charge in [0, 0.05) is 24.3 Å². The summed E-state index contributed by atoms with van der Waals surface area (Å²) in [6.45, 7) is 7.56. The average molecular weight is 388 g/mol. The summed E-state index contributed by atoms with van der Waals surface area (Å²) in [5.41, 5.74) is 7.89. The van der Waals surface area contributed by atoms with Crippen molar-refractivity contribution in [2.24, 2.45) is 0 Å². The largest absolute Gasteiger partial charge is 0.726 e. The van der Waals surface area contributed by atoms with Crippen molar-refractivity contribution in [3.63, 3.8) is 0 Å². The van der Waals surface area contributed by atoms with Crippen LogP contribution < -0.4 is 10.6 Å². The molecule has 0 spiro atoms. The molecular weight excluding hydrogens is 354 g/mol. The van der Waals surface area contributed by atoms with Crippen molar-refractivity contribution < 1.29 is 21.6 Å². The summed E-state index contributed by atoms with van der Waals surface area (Å²) in [5.74, 6) is 0. The van der Waals surface area contributed by atoms with E-state index in [-0.39, 0.29) is 6.61 Å². The number of nitrogen functional groups attached to an aromatic ring is 1. The smallest absolute Gasteiger partial charge is 0.217 e. The van der Waals surface area contributed by atoms with Gasteiger partial charge >= 0.3 is 0 Å². The summed E-state index contributed by atoms with van der Waals surface area (Å²) in [4.78, 5) is 2.49. The number of rotatable bonds is 7. The molecule has 1 aliphatic rings. The van der Waals surface area contributed by atoms with Crippen molar-refractivity contribution in [2.45, 2.75) is 39.2 Å². The van der Waals surface area contributed by atoms with Crippen LogP contribution in [0.4, 0.5) is 11.4 Å². The van der Waals surface area contributed by atoms with Crippen molar-refractivity contribution in [2.75, 3.05) is 51.0 Å². The number of anilines is 2. The zero-order chi connectivity index (χ0) is 19.8. The van der Waals surface area contributed by atoms with Gasteiger partial charge in [-0.1, -0.05) is 13.8 Å². The van der Waals surface area contributed by atoms with Crippen LogP contribution in [0.3, 0.4) is 0 Å². The van der Waals surface area contributed by atoms with Gasteiger partial charge in [0.25, 0.3) is 0 Å². The predicted molar refractivity (Wildman–Crippen MR) is 105 cm³/mol. The summed E-state index contributed by atoms with van der Waals surface area (Å²) < 4.78 is 33.8. The first-order valence-corrected chi connectivity index (χ1v) is 10.5. The lowest BCUT2D eigenvalue weighted by Crippen LogP contribution is -2.50. The maximum absolute atomic E-state index is 9.61. The van der Waals surface area contributed by atoms with Crippen molar-refractivity contribution in [3.05, 3.63) is 24.3 Å². The average Bonchev–Trinajstić information content (AvgIpc) is 3.04. The van der Waals surface area contributed by atoms with Gasteiger partial charge in [-0.15, -0.1) is 0 Å². The first-order chi connectivity index (χ1) is 12.1. The van der Waals surface area contributed by atoms with Gasteiger partial charge in [0.15, 0.2) is 0 Å². The standard InChI is InChI=1S/C15H26N3.C3H8O4S/c1-4-11-18(2,3)15-9-10-17(12-15)14-7-5-13(16)6-8-14;1-2-3-7-8(4,5)6/h5-8,15H,4,9-12,16H2,1-3H3;2-3H2,1H3,(H,4,5,6)/q+1;/p-1. The lowest BCUT2D eigenvalue weighted by molar-refractivity contribution is -0.912. The highest BCUT2D eigenvalue weighted by Gasteiger charge is 2.34. The maximum atomic E-state index is 9.61. The van der Waals surface area contributed by atoms with Crippen LogP contribution in [0.25, 0.3) is 0 Å². The Bertz CT molecular complexity index is 632. The lowest BCUT2D eigenvalue weighted by Gasteiger charge is -2.36. The van der Waals surface area contributed by atoms with Crippen molar-refractivity contribution >= 4 is 21.8 Å². The Kier molecular flexibility index (Phi) is 8.82. The third-order valence-corrected chi connectivity index (χ3v) is 5.10. The molecule has 2 N–H and O–H groups in total. The number of likely N-dealkylation sites (N-methyl/N-ethyl adjacent to an activating group) is 1. The highest BCUT2D eigenvalue weighted by molar-refractivity contribution is 7.80. The van der Waals surface area contributed by atoms with E-state index in [0.717, 1.165) is 22.8 Å². The molecule has 0 amide bonds. The van der Waals surface area contributed by atoms with E-state index in [9.17, 15) is 13.0 Å². The van der Waals surface area contributed by atoms with Crippen LogP contribution in [-0.2, 0) is 14.6 Å². The van der Waals surface area contributed by atoms with Gasteiger partial charge in [0.05, 0.1) is 33.8 Å². The molecular formula is C18H33N3O4S. The fourth-order valence-electron chi connectivity index (χ4n) is 3.18. The second-order valence-electron chi connectivity index (χ2n) is 7.21. The SMILES string of the molecule is CCCOS(=O)(=O)[O-].CCC[N+](C)(C)C1CCN(c2ccc(N)cc2)C1. The Morgan fingerprint density at radius 3 is 2.31 bits per heavy atom. The van der Waals surface area contributed by atoms with Gasteiger partial charge in [-0.05, 0) is 37.1 Å². The number of nitrogens with two attached hydrogens (primary N) is 1. The zero-order valence-corrected chi connectivity index (χ0v) is 17.2. The number of hydrogen-bond acceptors (Lipinski definition) is 6. The minimum absolute atomic E-state index is 0.0220. The topological polar surface area (TPSA) is 95.7 Å². The van der Waals surface area contributed by atoms with E-state index in [1.54, 1.807) is 6.92 Å². The molecule has 1 aliphatic heterocycles. The molecule has 1 saturated heterocycles. The van der Waals surface area contributed by atoms with Crippen LogP contribution >= 0.6 is 0 Å². The van der Waals surface area contributed by atoms with E-state index >= 15 is 0 Å². The molecule has 1 aromatic carbocycles. The second-order valence-corrected chi connectivity index (χ2v) is 8.26. The van der Waals surface area contributed by atoms with Gasteiger partial charge in [-0.3, -0.25) is 4.18 Å². The Hall–Kier alpha value is -1.35. The molecule has 26 heavy (non-hydrogen) atoms. The van der Waals surface area contributed by atoms with Crippen molar-refractivity contribution in [3.8, 4) is 0 Å². The molecule has 8 heteroatoms. The summed E-state index contributed by atoms with van der Waals surface area (Å²) in [7, 11) is 0.287. The van der Waals surface area contributed by atoms with Crippen LogP contribution in [0, 0.1) is 0 Å². The fourth-order valence-corrected chi connectivity index (χ4v) is 3.55. The molecule has 0 aromatic heterocycles. The van der Waals surface area contributed by atoms with Crippen LogP contribution in [0.2, 0.25) is 0 Å². The number of nitrogens with zero attached hydrogens (tertiary/aromatic N) is 2. The number of hydrogen-bond donors (Lipinski definition) is 1. The molecule has 1 fully saturated rings. The van der Waals surface area contributed by atoms with Gasteiger partial charge in [-0.2, -0.15) is 0 Å². The normalized spacial score (nSPS) is 17.7. The first-order valence-electron chi connectivity index (χ1n) is 9.12. The summed E-state index contributed by atoms with van der Waals surface area (Å²) in [6.07, 6.45) is 3.07. The van der Waals surface area contributed by atoms with E-state index in [4.69, 9.17) is 5.73 Å². The van der Waals surface area contributed by atoms with E-state index in [0.29, 0.717) is 6.42 Å². The Labute approximate surface area is 158 Å². The third-order valence-electron chi connectivity index (χ3n) is 4.64. The van der Waals surface area contributed by atoms with E-state index < -0.39 is 10.4 Å². The third kappa shape index (κ3) is 7.90. The minimum Gasteiger partial charge on any atom is -0.726 e. The summed E-state index contributed by atoms with van der Waals surface area (Å²) >= 11 is 0. The van der Waals surface area contributed by atoms with Crippen LogP contribution in [0.5, 0.6) is 0 Å². The van der Waals surface area contributed by atoms with Gasteiger partial charge in [0.2, 0.25) is 10.4 Å². The molecule has 1 unspecified atom stereocenters. The van der Waals surface area contributed by atoms with Gasteiger partial charge < -0.3 is 19.7 Å². The van der Waals surface area contributed by atoms with Gasteiger partial charge in [-0.25, -0.2) is 8.42 Å². The Morgan fingerprint density at radius 2 is 1.85 bits per heavy atom. The van der Waals surface area contributed by atoms with Crippen molar-refractivity contribution in [1.82, 2.24) is 0 Å². The van der Waals surface area contributed by atoms with Crippen LogP contribution in [0.1, 0.15) is 33.1 Å². The van der Waals surface area contributed by atoms with E-state index in [1.165, 1.54) is 31.6 Å². The monoisotopic (exact) mass is 387 g/mol. The van der Waals surface area contributed by atoms with Crippen LogP contribution in [0.15, 0.2) is 24.3 Å². The zero-order valence-electron chi connectivity index (χ0n) is 16.3. The molecule has 0 radical (unpaired) electrons. The van der Waals surface area contributed by atoms with E-state index in [1.807, 2.05) is 12.1 Å². The van der Waals surface area contributed by atoms with Gasteiger partial charge in [0.1, 0.15) is 6.04 Å². The number of benzene rings is 1. The quantitative estimate of drug-likeness (QED) is 0.333. The highest BCUT2D eigenvalue weighted by atomic mass is 32.3. The van der Waals surface area contributed by atoms with Crippen molar-refractivity contribution in [1.29, 1.82) is 0 Å². The maximum Gasteiger partial charge on any atom is 0.217 e.